The van der Waals surface area contributed by atoms with Crippen LogP contribution < -0.4 is 16.0 Å². The van der Waals surface area contributed by atoms with Gasteiger partial charge < -0.3 is 16.0 Å². The predicted molar refractivity (Wildman–Crippen MR) is 62.9 cm³/mol. The molecule has 0 unspecified atom stereocenters. The number of nitrogen functional groups attached to an aromatic ring is 1. The van der Waals surface area contributed by atoms with Gasteiger partial charge in [-0.2, -0.15) is 0 Å². The lowest BCUT2D eigenvalue weighted by molar-refractivity contribution is 0.529. The van der Waals surface area contributed by atoms with E-state index in [9.17, 15) is 0 Å². The summed E-state index contributed by atoms with van der Waals surface area (Å²) in [6.07, 6.45) is 3.78. The molecule has 3 N–H and O–H groups in total. The van der Waals surface area contributed by atoms with Crippen molar-refractivity contribution in [1.29, 1.82) is 0 Å². The fourth-order valence-electron chi connectivity index (χ4n) is 1.82. The standard InChI is InChI=1S/C11H16N4/c1-2-9-7-13-5-6-15(9)10-3-4-11(12)14-8-10/h2-4,8-9,13H,1,5-7H2,(H2,12,14)/t9-/m0/s1. The lowest BCUT2D eigenvalue weighted by atomic mass is 10.1. The third kappa shape index (κ3) is 2.10. The number of hydrogen-bond donors (Lipinski definition) is 2. The summed E-state index contributed by atoms with van der Waals surface area (Å²) < 4.78 is 0. The van der Waals surface area contributed by atoms with Crippen LogP contribution in [0.1, 0.15) is 0 Å². The Morgan fingerprint density at radius 3 is 3.13 bits per heavy atom. The summed E-state index contributed by atoms with van der Waals surface area (Å²) in [6.45, 7) is 6.76. The molecule has 0 bridgehead atoms. The molecule has 80 valence electrons. The number of hydrogen-bond acceptors (Lipinski definition) is 4. The second-order valence-electron chi connectivity index (χ2n) is 3.64. The van der Waals surface area contributed by atoms with Gasteiger partial charge in [0.15, 0.2) is 0 Å². The number of aromatic nitrogens is 1. The normalized spacial score (nSPS) is 21.3. The maximum absolute atomic E-state index is 5.56. The molecule has 1 aromatic rings. The minimum atomic E-state index is 0.337. The maximum Gasteiger partial charge on any atom is 0.123 e. The van der Waals surface area contributed by atoms with Crippen molar-refractivity contribution < 1.29 is 0 Å². The van der Waals surface area contributed by atoms with E-state index in [1.54, 1.807) is 0 Å². The Kier molecular flexibility index (Phi) is 2.87. The van der Waals surface area contributed by atoms with Crippen LogP contribution >= 0.6 is 0 Å². The molecule has 0 spiro atoms. The van der Waals surface area contributed by atoms with Crippen molar-refractivity contribution in [1.82, 2.24) is 10.3 Å². The van der Waals surface area contributed by atoms with E-state index in [4.69, 9.17) is 5.73 Å². The Bertz CT molecular complexity index is 333. The van der Waals surface area contributed by atoms with E-state index < -0.39 is 0 Å². The van der Waals surface area contributed by atoms with E-state index in [1.165, 1.54) is 0 Å². The minimum absolute atomic E-state index is 0.337. The second kappa shape index (κ2) is 4.31. The first kappa shape index (κ1) is 9.98. The lowest BCUT2D eigenvalue weighted by Gasteiger charge is -2.36. The van der Waals surface area contributed by atoms with Crippen molar-refractivity contribution >= 4 is 11.5 Å². The van der Waals surface area contributed by atoms with Gasteiger partial charge in [-0.3, -0.25) is 0 Å². The van der Waals surface area contributed by atoms with Crippen LogP contribution in [0.3, 0.4) is 0 Å². The fourth-order valence-corrected chi connectivity index (χ4v) is 1.82. The molecule has 2 heterocycles. The number of pyridine rings is 1. The molecule has 1 aromatic heterocycles. The minimum Gasteiger partial charge on any atom is -0.384 e. The third-order valence-electron chi connectivity index (χ3n) is 2.66. The largest absolute Gasteiger partial charge is 0.384 e. The Balaban J connectivity index is 2.20. The lowest BCUT2D eigenvalue weighted by Crippen LogP contribution is -2.50. The number of rotatable bonds is 2. The highest BCUT2D eigenvalue weighted by Crippen LogP contribution is 2.18. The van der Waals surface area contributed by atoms with Gasteiger partial charge >= 0.3 is 0 Å². The summed E-state index contributed by atoms with van der Waals surface area (Å²) >= 11 is 0. The highest BCUT2D eigenvalue weighted by Gasteiger charge is 2.19. The number of nitrogens with two attached hydrogens (primary N) is 1. The van der Waals surface area contributed by atoms with E-state index in [0.717, 1.165) is 25.3 Å². The van der Waals surface area contributed by atoms with Gasteiger partial charge in [0.1, 0.15) is 5.82 Å². The van der Waals surface area contributed by atoms with Crippen molar-refractivity contribution in [2.75, 3.05) is 30.3 Å². The number of anilines is 2. The topological polar surface area (TPSA) is 54.2 Å². The van der Waals surface area contributed by atoms with Crippen LogP contribution in [0.2, 0.25) is 0 Å². The highest BCUT2D eigenvalue weighted by molar-refractivity contribution is 5.50. The van der Waals surface area contributed by atoms with Crippen LogP contribution in [-0.2, 0) is 0 Å². The Labute approximate surface area is 89.8 Å². The van der Waals surface area contributed by atoms with E-state index in [0.29, 0.717) is 11.9 Å². The molecular formula is C11H16N4. The second-order valence-corrected chi connectivity index (χ2v) is 3.64. The SMILES string of the molecule is C=C[C@H]1CNCCN1c1ccc(N)nc1. The molecule has 0 aromatic carbocycles. The molecule has 0 saturated carbocycles. The zero-order valence-electron chi connectivity index (χ0n) is 8.69. The summed E-state index contributed by atoms with van der Waals surface area (Å²) in [5.41, 5.74) is 6.67. The molecule has 1 fully saturated rings. The molecule has 0 amide bonds. The first-order chi connectivity index (χ1) is 7.31. The van der Waals surface area contributed by atoms with E-state index >= 15 is 0 Å². The molecule has 2 rings (SSSR count). The number of nitrogens with one attached hydrogen (secondary N) is 1. The van der Waals surface area contributed by atoms with Crippen molar-refractivity contribution in [2.45, 2.75) is 6.04 Å². The number of piperazine rings is 1. The first-order valence-electron chi connectivity index (χ1n) is 5.12. The quantitative estimate of drug-likeness (QED) is 0.694. The molecule has 4 heteroatoms. The molecule has 1 aliphatic heterocycles. The summed E-state index contributed by atoms with van der Waals surface area (Å²) in [5, 5.41) is 3.34. The molecule has 0 aliphatic carbocycles. The van der Waals surface area contributed by atoms with Gasteiger partial charge in [0.25, 0.3) is 0 Å². The van der Waals surface area contributed by atoms with Gasteiger partial charge in [-0.05, 0) is 12.1 Å². The van der Waals surface area contributed by atoms with Crippen LogP contribution in [0.15, 0.2) is 31.0 Å². The molecule has 15 heavy (non-hydrogen) atoms. The Morgan fingerprint density at radius 1 is 1.60 bits per heavy atom. The molecular weight excluding hydrogens is 188 g/mol. The molecule has 1 aliphatic rings. The number of nitrogens with zero attached hydrogens (tertiary/aromatic N) is 2. The highest BCUT2D eigenvalue weighted by atomic mass is 15.2. The van der Waals surface area contributed by atoms with Gasteiger partial charge in [-0.1, -0.05) is 6.08 Å². The van der Waals surface area contributed by atoms with Gasteiger partial charge in [0.2, 0.25) is 0 Å². The van der Waals surface area contributed by atoms with E-state index in [2.05, 4.69) is 21.8 Å². The van der Waals surface area contributed by atoms with E-state index in [1.807, 2.05) is 24.4 Å². The summed E-state index contributed by atoms with van der Waals surface area (Å²) in [4.78, 5) is 6.39. The van der Waals surface area contributed by atoms with Crippen LogP contribution in [0.4, 0.5) is 11.5 Å². The smallest absolute Gasteiger partial charge is 0.123 e. The van der Waals surface area contributed by atoms with Gasteiger partial charge in [0.05, 0.1) is 17.9 Å². The van der Waals surface area contributed by atoms with Crippen LogP contribution in [0, 0.1) is 0 Å². The average Bonchev–Trinajstić information content (AvgIpc) is 2.30. The fraction of sp³-hybridized carbons (Fsp3) is 0.364. The molecule has 1 atom stereocenters. The van der Waals surface area contributed by atoms with Crippen molar-refractivity contribution in [3.63, 3.8) is 0 Å². The van der Waals surface area contributed by atoms with E-state index in [-0.39, 0.29) is 0 Å². The van der Waals surface area contributed by atoms with Crippen molar-refractivity contribution in [3.8, 4) is 0 Å². The summed E-state index contributed by atoms with van der Waals surface area (Å²) in [6, 6.07) is 4.17. The van der Waals surface area contributed by atoms with Gasteiger partial charge in [-0.15, -0.1) is 6.58 Å². The zero-order chi connectivity index (χ0) is 10.7. The molecule has 1 saturated heterocycles. The van der Waals surface area contributed by atoms with Crippen LogP contribution in [0.5, 0.6) is 0 Å². The van der Waals surface area contributed by atoms with Gasteiger partial charge in [0, 0.05) is 19.6 Å². The Hall–Kier alpha value is -1.55. The Morgan fingerprint density at radius 2 is 2.47 bits per heavy atom. The maximum atomic E-state index is 5.56. The zero-order valence-corrected chi connectivity index (χ0v) is 8.69. The predicted octanol–water partition coefficient (Wildman–Crippen LogP) is 0.628. The van der Waals surface area contributed by atoms with Crippen molar-refractivity contribution in [3.05, 3.63) is 31.0 Å². The van der Waals surface area contributed by atoms with Gasteiger partial charge in [-0.25, -0.2) is 4.98 Å². The summed E-state index contributed by atoms with van der Waals surface area (Å²) in [5.74, 6) is 0.559. The molecule has 4 nitrogen and oxygen atoms in total. The van der Waals surface area contributed by atoms with Crippen LogP contribution in [0.25, 0.3) is 0 Å². The third-order valence-corrected chi connectivity index (χ3v) is 2.66. The van der Waals surface area contributed by atoms with Crippen LogP contribution in [-0.4, -0.2) is 30.7 Å². The monoisotopic (exact) mass is 204 g/mol. The summed E-state index contributed by atoms with van der Waals surface area (Å²) in [7, 11) is 0. The molecule has 0 radical (unpaired) electrons. The first-order valence-corrected chi connectivity index (χ1v) is 5.12. The average molecular weight is 204 g/mol. The van der Waals surface area contributed by atoms with Crippen molar-refractivity contribution in [2.24, 2.45) is 0 Å².